The lowest BCUT2D eigenvalue weighted by molar-refractivity contribution is 0.964. The highest BCUT2D eigenvalue weighted by atomic mass is 15.2. The molecule has 0 saturated carbocycles. The van der Waals surface area contributed by atoms with E-state index in [1.165, 1.54) is 16.8 Å². The van der Waals surface area contributed by atoms with Gasteiger partial charge in [0.2, 0.25) is 0 Å². The number of benzene rings is 1. The fraction of sp³-hybridized carbons (Fsp3) is 0.500. The van der Waals surface area contributed by atoms with Gasteiger partial charge in [0.05, 0.1) is 5.69 Å². The molecule has 0 fully saturated rings. The molecule has 0 radical (unpaired) electrons. The third kappa shape index (κ3) is 3.86. The maximum Gasteiger partial charge on any atom is 0.180 e. The van der Waals surface area contributed by atoms with Gasteiger partial charge >= 0.3 is 0 Å². The zero-order valence-corrected chi connectivity index (χ0v) is 16.2. The first-order valence-electron chi connectivity index (χ1n) is 8.16. The van der Waals surface area contributed by atoms with Crippen molar-refractivity contribution in [3.8, 4) is 0 Å². The predicted molar refractivity (Wildman–Crippen MR) is 107 cm³/mol. The number of aromatic nitrogens is 2. The summed E-state index contributed by atoms with van der Waals surface area (Å²) in [7, 11) is 4.15. The topological polar surface area (TPSA) is 53.7 Å². The minimum Gasteiger partial charge on any atom is -0.377 e. The lowest BCUT2D eigenvalue weighted by Gasteiger charge is -2.23. The van der Waals surface area contributed by atoms with Gasteiger partial charge in [-0.15, -0.1) is 10.2 Å². The van der Waals surface area contributed by atoms with Crippen LogP contribution >= 0.6 is 0 Å². The van der Waals surface area contributed by atoms with Crippen molar-refractivity contribution >= 4 is 17.2 Å². The molecule has 5 nitrogen and oxygen atoms in total. The molecule has 0 amide bonds. The van der Waals surface area contributed by atoms with E-state index in [1.54, 1.807) is 0 Å². The third-order valence-electron chi connectivity index (χ3n) is 4.71. The van der Waals surface area contributed by atoms with Gasteiger partial charge in [-0.25, -0.2) is 9.97 Å². The smallest absolute Gasteiger partial charge is 0.180 e. The monoisotopic (exact) mass is 341 g/mol. The summed E-state index contributed by atoms with van der Waals surface area (Å²) in [6.45, 7) is 14.3. The Bertz CT molecular complexity index is 791. The van der Waals surface area contributed by atoms with E-state index >= 15 is 0 Å². The summed E-state index contributed by atoms with van der Waals surface area (Å²) in [5.41, 5.74) is 8.90. The van der Waals surface area contributed by atoms with Crippen LogP contribution in [-0.2, 0) is 0 Å². The van der Waals surface area contributed by atoms with Gasteiger partial charge in [-0.05, 0) is 70.7 Å². The van der Waals surface area contributed by atoms with Gasteiger partial charge in [0.15, 0.2) is 5.82 Å². The van der Waals surface area contributed by atoms with Crippen LogP contribution in [-0.4, -0.2) is 24.1 Å². The van der Waals surface area contributed by atoms with Gasteiger partial charge in [0.25, 0.3) is 0 Å². The van der Waals surface area contributed by atoms with Gasteiger partial charge in [0, 0.05) is 31.0 Å². The Morgan fingerprint density at radius 1 is 0.680 bits per heavy atom. The Balaban J connectivity index is 0.00000312. The molecular weight excluding hydrogens is 310 g/mol. The number of aryl methyl sites for hydroxylation is 2. The number of azo groups is 1. The van der Waals surface area contributed by atoms with E-state index in [2.05, 4.69) is 66.9 Å². The first kappa shape index (κ1) is 20.7. The van der Waals surface area contributed by atoms with Crippen LogP contribution < -0.4 is 4.90 Å². The van der Waals surface area contributed by atoms with Crippen molar-refractivity contribution in [3.63, 3.8) is 0 Å². The van der Waals surface area contributed by atoms with Crippen molar-refractivity contribution in [2.24, 2.45) is 10.2 Å². The second-order valence-corrected chi connectivity index (χ2v) is 6.60. The molecule has 1 heterocycles. The standard InChI is InChI=1S/C19H27N5.CH4/c1-10-12(3)18(24(8)9)13(4)11(2)17(10)22-23-19-14(5)15(6)20-16(7)21-19;/h1-9H3;1H4. The fourth-order valence-corrected chi connectivity index (χ4v) is 3.04. The molecule has 0 unspecified atom stereocenters. The summed E-state index contributed by atoms with van der Waals surface area (Å²) >= 11 is 0. The van der Waals surface area contributed by atoms with Crippen molar-refractivity contribution in [2.75, 3.05) is 19.0 Å². The van der Waals surface area contributed by atoms with Crippen LogP contribution in [0.2, 0.25) is 0 Å². The molecule has 0 spiro atoms. The predicted octanol–water partition coefficient (Wildman–Crippen LogP) is 5.75. The fourth-order valence-electron chi connectivity index (χ4n) is 3.04. The van der Waals surface area contributed by atoms with Crippen LogP contribution in [0.5, 0.6) is 0 Å². The summed E-state index contributed by atoms with van der Waals surface area (Å²) < 4.78 is 0. The SMILES string of the molecule is C.Cc1nc(C)c(C)c(N=Nc2c(C)c(C)c(N(C)C)c(C)c2C)n1. The van der Waals surface area contributed by atoms with Gasteiger partial charge in [0.1, 0.15) is 5.82 Å². The van der Waals surface area contributed by atoms with Gasteiger partial charge in [-0.1, -0.05) is 7.43 Å². The number of nitrogens with zero attached hydrogens (tertiary/aromatic N) is 5. The number of rotatable bonds is 3. The van der Waals surface area contributed by atoms with Crippen molar-refractivity contribution < 1.29 is 0 Å². The molecule has 0 aliphatic carbocycles. The minimum atomic E-state index is 0. The summed E-state index contributed by atoms with van der Waals surface area (Å²) in [6.07, 6.45) is 0. The van der Waals surface area contributed by atoms with Crippen molar-refractivity contribution in [1.82, 2.24) is 9.97 Å². The van der Waals surface area contributed by atoms with Crippen LogP contribution in [0.4, 0.5) is 17.2 Å². The van der Waals surface area contributed by atoms with Crippen LogP contribution in [0.3, 0.4) is 0 Å². The zero-order valence-electron chi connectivity index (χ0n) is 16.2. The van der Waals surface area contributed by atoms with E-state index in [4.69, 9.17) is 0 Å². The normalized spacial score (nSPS) is 10.9. The maximum atomic E-state index is 4.56. The lowest BCUT2D eigenvalue weighted by atomic mass is 9.95. The average molecular weight is 342 g/mol. The molecule has 25 heavy (non-hydrogen) atoms. The molecule has 5 heteroatoms. The second kappa shape index (κ2) is 7.72. The molecule has 2 rings (SSSR count). The van der Waals surface area contributed by atoms with Crippen LogP contribution in [0.1, 0.15) is 46.8 Å². The first-order chi connectivity index (χ1) is 11.1. The molecule has 0 aliphatic heterocycles. The van der Waals surface area contributed by atoms with Gasteiger partial charge in [-0.2, -0.15) is 0 Å². The molecule has 0 aliphatic rings. The molecule has 0 saturated heterocycles. The molecule has 0 bridgehead atoms. The Labute approximate surface area is 152 Å². The minimum absolute atomic E-state index is 0. The molecule has 2 aromatic rings. The van der Waals surface area contributed by atoms with Gasteiger partial charge in [-0.3, -0.25) is 0 Å². The van der Waals surface area contributed by atoms with E-state index in [1.807, 2.05) is 20.8 Å². The van der Waals surface area contributed by atoms with Gasteiger partial charge < -0.3 is 4.90 Å². The number of anilines is 1. The molecule has 0 atom stereocenters. The summed E-state index contributed by atoms with van der Waals surface area (Å²) in [5, 5.41) is 8.99. The Morgan fingerprint density at radius 2 is 1.20 bits per heavy atom. The Kier molecular flexibility index (Phi) is 6.41. The number of hydrogen-bond acceptors (Lipinski definition) is 5. The van der Waals surface area contributed by atoms with Crippen LogP contribution in [0, 0.1) is 48.5 Å². The highest BCUT2D eigenvalue weighted by molar-refractivity contribution is 5.71. The quantitative estimate of drug-likeness (QED) is 0.668. The van der Waals surface area contributed by atoms with Crippen molar-refractivity contribution in [1.29, 1.82) is 0 Å². The van der Waals surface area contributed by atoms with E-state index in [9.17, 15) is 0 Å². The molecule has 136 valence electrons. The van der Waals surface area contributed by atoms with Crippen LogP contribution in [0.25, 0.3) is 0 Å². The molecular formula is C20H31N5. The average Bonchev–Trinajstić information content (AvgIpc) is 2.49. The van der Waals surface area contributed by atoms with E-state index in [-0.39, 0.29) is 7.43 Å². The Morgan fingerprint density at radius 3 is 1.68 bits per heavy atom. The summed E-state index contributed by atoms with van der Waals surface area (Å²) in [6, 6.07) is 0. The maximum absolute atomic E-state index is 4.56. The largest absolute Gasteiger partial charge is 0.377 e. The third-order valence-corrected chi connectivity index (χ3v) is 4.71. The highest BCUT2D eigenvalue weighted by Gasteiger charge is 2.16. The van der Waals surface area contributed by atoms with E-state index < -0.39 is 0 Å². The molecule has 1 aromatic heterocycles. The Hall–Kier alpha value is -2.30. The molecule has 1 aromatic carbocycles. The summed E-state index contributed by atoms with van der Waals surface area (Å²) in [4.78, 5) is 10.9. The molecule has 0 N–H and O–H groups in total. The number of hydrogen-bond donors (Lipinski definition) is 0. The summed E-state index contributed by atoms with van der Waals surface area (Å²) in [5.74, 6) is 1.36. The lowest BCUT2D eigenvalue weighted by Crippen LogP contribution is -2.13. The second-order valence-electron chi connectivity index (χ2n) is 6.60. The zero-order chi connectivity index (χ0) is 18.2. The first-order valence-corrected chi connectivity index (χ1v) is 8.16. The van der Waals surface area contributed by atoms with Crippen LogP contribution in [0.15, 0.2) is 10.2 Å². The highest BCUT2D eigenvalue weighted by Crippen LogP contribution is 2.37. The van der Waals surface area contributed by atoms with E-state index in [0.29, 0.717) is 5.82 Å². The van der Waals surface area contributed by atoms with E-state index in [0.717, 1.165) is 33.9 Å². The van der Waals surface area contributed by atoms with Crippen molar-refractivity contribution in [3.05, 3.63) is 39.3 Å². The van der Waals surface area contributed by atoms with Crippen molar-refractivity contribution in [2.45, 2.75) is 55.9 Å².